The predicted octanol–water partition coefficient (Wildman–Crippen LogP) is 2.13. The molecule has 0 bridgehead atoms. The minimum Gasteiger partial charge on any atom is -0.357 e. The van der Waals surface area contributed by atoms with E-state index in [1.807, 2.05) is 60.7 Å². The molecule has 2 aromatic rings. The van der Waals surface area contributed by atoms with Crippen molar-refractivity contribution in [2.45, 2.75) is 12.1 Å². The Labute approximate surface area is 169 Å². The summed E-state index contributed by atoms with van der Waals surface area (Å²) in [5.41, 5.74) is 1.67. The first-order chi connectivity index (χ1) is 12.9. The summed E-state index contributed by atoms with van der Waals surface area (Å²) >= 11 is 10.7. The smallest absolute Gasteiger partial charge is 0.171 e. The molecular weight excluding hydrogens is 400 g/mol. The van der Waals surface area contributed by atoms with E-state index in [2.05, 4.69) is 21.3 Å². The molecular formula is C18H20N4O2S3. The molecule has 2 aromatic carbocycles. The minimum absolute atomic E-state index is 0.00474. The zero-order chi connectivity index (χ0) is 19.3. The summed E-state index contributed by atoms with van der Waals surface area (Å²) in [7, 11) is -3.18. The predicted molar refractivity (Wildman–Crippen MR) is 118 cm³/mol. The Morgan fingerprint density at radius 2 is 1.11 bits per heavy atom. The highest BCUT2D eigenvalue weighted by Gasteiger charge is 2.38. The number of nitrogens with one attached hydrogen (secondary N) is 4. The van der Waals surface area contributed by atoms with Crippen molar-refractivity contribution in [1.29, 1.82) is 0 Å². The van der Waals surface area contributed by atoms with E-state index in [0.717, 1.165) is 11.4 Å². The van der Waals surface area contributed by atoms with Crippen LogP contribution in [0.3, 0.4) is 0 Å². The molecule has 0 amide bonds. The lowest BCUT2D eigenvalue weighted by Gasteiger charge is -2.24. The molecule has 1 aliphatic heterocycles. The van der Waals surface area contributed by atoms with Crippen LogP contribution in [0.5, 0.6) is 0 Å². The Morgan fingerprint density at radius 1 is 0.741 bits per heavy atom. The molecule has 0 spiro atoms. The highest BCUT2D eigenvalue weighted by atomic mass is 32.2. The SMILES string of the molecule is O=S1(=O)CC(NC(=S)Nc2ccccc2)C(NC(=S)Nc2ccccc2)C1. The maximum Gasteiger partial charge on any atom is 0.171 e. The molecule has 2 unspecified atom stereocenters. The van der Waals surface area contributed by atoms with E-state index in [-0.39, 0.29) is 23.6 Å². The molecule has 2 atom stereocenters. The third-order valence-electron chi connectivity index (χ3n) is 4.05. The van der Waals surface area contributed by atoms with Crippen LogP contribution in [-0.2, 0) is 9.84 Å². The monoisotopic (exact) mass is 420 g/mol. The number of hydrogen-bond donors (Lipinski definition) is 4. The molecule has 1 saturated heterocycles. The Hall–Kier alpha value is -2.23. The molecule has 0 saturated carbocycles. The van der Waals surface area contributed by atoms with Gasteiger partial charge in [-0.1, -0.05) is 36.4 Å². The maximum atomic E-state index is 12.1. The molecule has 9 heteroatoms. The van der Waals surface area contributed by atoms with Crippen LogP contribution in [0.1, 0.15) is 0 Å². The second-order valence-electron chi connectivity index (χ2n) is 6.22. The first-order valence-electron chi connectivity index (χ1n) is 8.37. The van der Waals surface area contributed by atoms with Gasteiger partial charge in [0.15, 0.2) is 20.1 Å². The molecule has 142 valence electrons. The highest BCUT2D eigenvalue weighted by Crippen LogP contribution is 2.14. The van der Waals surface area contributed by atoms with Crippen LogP contribution in [0.4, 0.5) is 11.4 Å². The minimum atomic E-state index is -3.18. The normalized spacial score (nSPS) is 20.4. The van der Waals surface area contributed by atoms with Crippen LogP contribution in [0, 0.1) is 0 Å². The number of thiocarbonyl (C=S) groups is 2. The number of para-hydroxylation sites is 2. The van der Waals surface area contributed by atoms with E-state index < -0.39 is 9.84 Å². The molecule has 0 aliphatic carbocycles. The fourth-order valence-corrected chi connectivity index (χ4v) is 5.25. The van der Waals surface area contributed by atoms with Crippen molar-refractivity contribution in [2.75, 3.05) is 22.1 Å². The van der Waals surface area contributed by atoms with Crippen LogP contribution >= 0.6 is 24.4 Å². The van der Waals surface area contributed by atoms with Crippen LogP contribution < -0.4 is 21.3 Å². The second kappa shape index (κ2) is 8.64. The lowest BCUT2D eigenvalue weighted by molar-refractivity contribution is 0.549. The molecule has 27 heavy (non-hydrogen) atoms. The summed E-state index contributed by atoms with van der Waals surface area (Å²) < 4.78 is 24.2. The van der Waals surface area contributed by atoms with Crippen LogP contribution in [-0.4, -0.2) is 42.2 Å². The molecule has 4 N–H and O–H groups in total. The Balaban J connectivity index is 1.60. The topological polar surface area (TPSA) is 82.3 Å². The number of rotatable bonds is 4. The lowest BCUT2D eigenvalue weighted by atomic mass is 10.2. The van der Waals surface area contributed by atoms with E-state index >= 15 is 0 Å². The van der Waals surface area contributed by atoms with Gasteiger partial charge in [0.2, 0.25) is 0 Å². The van der Waals surface area contributed by atoms with Gasteiger partial charge < -0.3 is 21.3 Å². The van der Waals surface area contributed by atoms with Crippen molar-refractivity contribution in [3.63, 3.8) is 0 Å². The molecule has 0 aromatic heterocycles. The number of anilines is 2. The molecule has 1 heterocycles. The second-order valence-corrected chi connectivity index (χ2v) is 9.19. The number of benzene rings is 2. The van der Waals surface area contributed by atoms with Gasteiger partial charge >= 0.3 is 0 Å². The van der Waals surface area contributed by atoms with Crippen LogP contribution in [0.2, 0.25) is 0 Å². The third-order valence-corrected chi connectivity index (χ3v) is 6.22. The van der Waals surface area contributed by atoms with E-state index in [9.17, 15) is 8.42 Å². The van der Waals surface area contributed by atoms with Crippen LogP contribution in [0.25, 0.3) is 0 Å². The molecule has 0 radical (unpaired) electrons. The Kier molecular flexibility index (Phi) is 6.25. The Bertz CT molecular complexity index is 835. The van der Waals surface area contributed by atoms with Crippen molar-refractivity contribution in [3.05, 3.63) is 60.7 Å². The highest BCUT2D eigenvalue weighted by molar-refractivity contribution is 7.91. The van der Waals surface area contributed by atoms with Gasteiger partial charge in [0.25, 0.3) is 0 Å². The summed E-state index contributed by atoms with van der Waals surface area (Å²) in [5, 5.41) is 13.0. The summed E-state index contributed by atoms with van der Waals surface area (Å²) in [6.07, 6.45) is 0. The van der Waals surface area contributed by atoms with Crippen LogP contribution in [0.15, 0.2) is 60.7 Å². The van der Waals surface area contributed by atoms with Crippen molar-refractivity contribution in [3.8, 4) is 0 Å². The van der Waals surface area contributed by atoms with E-state index in [4.69, 9.17) is 24.4 Å². The zero-order valence-electron chi connectivity index (χ0n) is 14.4. The number of hydrogen-bond acceptors (Lipinski definition) is 4. The van der Waals surface area contributed by atoms with Crippen molar-refractivity contribution in [1.82, 2.24) is 10.6 Å². The quantitative estimate of drug-likeness (QED) is 0.560. The first-order valence-corrected chi connectivity index (χ1v) is 11.0. The molecule has 1 fully saturated rings. The molecule has 1 aliphatic rings. The van der Waals surface area contributed by atoms with Gasteiger partial charge in [0, 0.05) is 11.4 Å². The van der Waals surface area contributed by atoms with Gasteiger partial charge in [-0.25, -0.2) is 8.42 Å². The summed E-state index contributed by atoms with van der Waals surface area (Å²) in [6.45, 7) is 0. The molecule has 3 rings (SSSR count). The number of sulfone groups is 1. The third kappa shape index (κ3) is 5.88. The maximum absolute atomic E-state index is 12.1. The zero-order valence-corrected chi connectivity index (χ0v) is 16.8. The lowest BCUT2D eigenvalue weighted by Crippen LogP contribution is -2.52. The largest absolute Gasteiger partial charge is 0.357 e. The van der Waals surface area contributed by atoms with Gasteiger partial charge in [0.05, 0.1) is 23.6 Å². The molecule has 6 nitrogen and oxygen atoms in total. The standard InChI is InChI=1S/C18H20N4O2S3/c23-27(24)11-15(21-17(25)19-13-7-3-1-4-8-13)16(12-27)22-18(26)20-14-9-5-2-6-10-14/h1-10,15-16H,11-12H2,(H2,19,21,25)(H2,20,22,26). The Morgan fingerprint density at radius 3 is 1.48 bits per heavy atom. The summed E-state index contributed by atoms with van der Waals surface area (Å²) in [5.74, 6) is -0.00947. The van der Waals surface area contributed by atoms with Gasteiger partial charge in [-0.3, -0.25) is 0 Å². The van der Waals surface area contributed by atoms with Crippen molar-refractivity contribution < 1.29 is 8.42 Å². The average Bonchev–Trinajstić information content (AvgIpc) is 2.89. The van der Waals surface area contributed by atoms with Crippen molar-refractivity contribution >= 4 is 55.9 Å². The fourth-order valence-electron chi connectivity index (χ4n) is 2.85. The van der Waals surface area contributed by atoms with E-state index in [0.29, 0.717) is 10.2 Å². The van der Waals surface area contributed by atoms with Gasteiger partial charge in [-0.05, 0) is 48.7 Å². The van der Waals surface area contributed by atoms with E-state index in [1.54, 1.807) is 0 Å². The van der Waals surface area contributed by atoms with Gasteiger partial charge in [-0.2, -0.15) is 0 Å². The van der Waals surface area contributed by atoms with Gasteiger partial charge in [0.1, 0.15) is 0 Å². The van der Waals surface area contributed by atoms with E-state index in [1.165, 1.54) is 0 Å². The van der Waals surface area contributed by atoms with Gasteiger partial charge in [-0.15, -0.1) is 0 Å². The fraction of sp³-hybridized carbons (Fsp3) is 0.222. The average molecular weight is 421 g/mol. The van der Waals surface area contributed by atoms with Crippen molar-refractivity contribution in [2.24, 2.45) is 0 Å². The summed E-state index contributed by atoms with van der Waals surface area (Å²) in [4.78, 5) is 0. The first kappa shape index (κ1) is 19.5. The summed E-state index contributed by atoms with van der Waals surface area (Å²) in [6, 6.07) is 18.2.